The quantitative estimate of drug-likeness (QED) is 0.822. The van der Waals surface area contributed by atoms with Gasteiger partial charge in [0.15, 0.2) is 0 Å². The van der Waals surface area contributed by atoms with Crippen molar-refractivity contribution in [3.05, 3.63) is 28.3 Å². The summed E-state index contributed by atoms with van der Waals surface area (Å²) in [5.74, 6) is -0.410. The van der Waals surface area contributed by atoms with Crippen LogP contribution in [-0.4, -0.2) is 33.6 Å². The normalized spacial score (nSPS) is 13.0. The molecule has 118 valence electrons. The summed E-state index contributed by atoms with van der Waals surface area (Å²) in [6.07, 6.45) is 0. The van der Waals surface area contributed by atoms with Gasteiger partial charge in [0, 0.05) is 18.2 Å². The van der Waals surface area contributed by atoms with Crippen molar-refractivity contribution >= 4 is 27.5 Å². The Labute approximate surface area is 129 Å². The third-order valence-electron chi connectivity index (χ3n) is 2.74. The lowest BCUT2D eigenvalue weighted by Crippen LogP contribution is -2.36. The molecule has 1 amide bonds. The third kappa shape index (κ3) is 4.96. The number of benzene rings is 1. The molecule has 0 aromatic heterocycles. The van der Waals surface area contributed by atoms with Crippen molar-refractivity contribution < 1.29 is 17.9 Å². The van der Waals surface area contributed by atoms with Crippen LogP contribution in [0.4, 0.5) is 0 Å². The van der Waals surface area contributed by atoms with Crippen LogP contribution in [0.3, 0.4) is 0 Å². The van der Waals surface area contributed by atoms with Crippen molar-refractivity contribution in [3.63, 3.8) is 0 Å². The fourth-order valence-electron chi connectivity index (χ4n) is 1.72. The van der Waals surface area contributed by atoms with E-state index < -0.39 is 15.9 Å². The summed E-state index contributed by atoms with van der Waals surface area (Å²) in [5.41, 5.74) is 0.648. The first-order valence-electron chi connectivity index (χ1n) is 6.38. The van der Waals surface area contributed by atoms with E-state index in [1.54, 1.807) is 13.8 Å². The molecule has 0 fully saturated rings. The third-order valence-corrected chi connectivity index (χ3v) is 4.29. The van der Waals surface area contributed by atoms with E-state index in [2.05, 4.69) is 5.32 Å². The number of rotatable bonds is 6. The zero-order chi connectivity index (χ0) is 16.2. The van der Waals surface area contributed by atoms with Crippen LogP contribution in [-0.2, 0) is 14.8 Å². The molecule has 8 heteroatoms. The van der Waals surface area contributed by atoms with Crippen LogP contribution in [0.15, 0.2) is 17.0 Å². The maximum Gasteiger partial charge on any atom is 0.251 e. The molecule has 0 aliphatic rings. The number of halogens is 1. The fourth-order valence-corrected chi connectivity index (χ4v) is 2.85. The molecule has 3 N–H and O–H groups in total. The molecule has 0 saturated carbocycles. The Morgan fingerprint density at radius 1 is 1.48 bits per heavy atom. The lowest BCUT2D eigenvalue weighted by molar-refractivity contribution is 0.0871. The predicted molar refractivity (Wildman–Crippen MR) is 81.0 cm³/mol. The monoisotopic (exact) mass is 334 g/mol. The maximum absolute atomic E-state index is 12.1. The summed E-state index contributed by atoms with van der Waals surface area (Å²) in [7, 11) is -3.99. The van der Waals surface area contributed by atoms with E-state index in [1.165, 1.54) is 12.1 Å². The first-order valence-corrected chi connectivity index (χ1v) is 8.30. The van der Waals surface area contributed by atoms with Gasteiger partial charge in [-0.05, 0) is 38.5 Å². The minimum Gasteiger partial charge on any atom is -0.380 e. The van der Waals surface area contributed by atoms with Gasteiger partial charge >= 0.3 is 0 Å². The summed E-state index contributed by atoms with van der Waals surface area (Å²) >= 11 is 5.92. The SMILES string of the molecule is CCOCC(C)NC(=O)c1cc(C)c(Cl)c(S(N)(=O)=O)c1. The zero-order valence-corrected chi connectivity index (χ0v) is 13.7. The van der Waals surface area contributed by atoms with Gasteiger partial charge in [-0.1, -0.05) is 11.6 Å². The summed E-state index contributed by atoms with van der Waals surface area (Å²) in [5, 5.41) is 7.84. The minimum atomic E-state index is -3.99. The van der Waals surface area contributed by atoms with E-state index in [4.69, 9.17) is 21.5 Å². The van der Waals surface area contributed by atoms with Gasteiger partial charge in [-0.3, -0.25) is 4.79 Å². The number of ether oxygens (including phenoxy) is 1. The Bertz CT molecular complexity index is 631. The number of amides is 1. The van der Waals surface area contributed by atoms with Gasteiger partial charge in [0.25, 0.3) is 5.91 Å². The highest BCUT2D eigenvalue weighted by atomic mass is 35.5. The molecular weight excluding hydrogens is 316 g/mol. The molecule has 0 spiro atoms. The molecule has 1 atom stereocenters. The molecule has 0 aliphatic heterocycles. The van der Waals surface area contributed by atoms with E-state index in [0.29, 0.717) is 18.8 Å². The van der Waals surface area contributed by atoms with E-state index in [0.717, 1.165) is 0 Å². The Morgan fingerprint density at radius 2 is 2.10 bits per heavy atom. The van der Waals surface area contributed by atoms with E-state index in [-0.39, 0.29) is 21.5 Å². The van der Waals surface area contributed by atoms with Gasteiger partial charge in [0.05, 0.1) is 11.6 Å². The van der Waals surface area contributed by atoms with Crippen molar-refractivity contribution in [2.24, 2.45) is 5.14 Å². The van der Waals surface area contributed by atoms with E-state index >= 15 is 0 Å². The first kappa shape index (κ1) is 17.9. The van der Waals surface area contributed by atoms with Crippen LogP contribution in [0, 0.1) is 6.92 Å². The van der Waals surface area contributed by atoms with Crippen molar-refractivity contribution in [3.8, 4) is 0 Å². The lowest BCUT2D eigenvalue weighted by atomic mass is 10.1. The first-order chi connectivity index (χ1) is 9.66. The molecular formula is C13H19ClN2O4S. The van der Waals surface area contributed by atoms with Gasteiger partial charge in [0.1, 0.15) is 4.90 Å². The number of hydrogen-bond donors (Lipinski definition) is 2. The smallest absolute Gasteiger partial charge is 0.251 e. The highest BCUT2D eigenvalue weighted by Crippen LogP contribution is 2.25. The Kier molecular flexibility index (Phi) is 6.15. The summed E-state index contributed by atoms with van der Waals surface area (Å²) < 4.78 is 28.2. The van der Waals surface area contributed by atoms with Crippen LogP contribution in [0.1, 0.15) is 29.8 Å². The number of nitrogens with two attached hydrogens (primary N) is 1. The second-order valence-corrected chi connectivity index (χ2v) is 6.59. The second kappa shape index (κ2) is 7.22. The average Bonchev–Trinajstić information content (AvgIpc) is 2.37. The average molecular weight is 335 g/mol. The van der Waals surface area contributed by atoms with Gasteiger partial charge in [-0.2, -0.15) is 0 Å². The van der Waals surface area contributed by atoms with Crippen LogP contribution < -0.4 is 10.5 Å². The summed E-state index contributed by atoms with van der Waals surface area (Å²) in [4.78, 5) is 11.9. The predicted octanol–water partition coefficient (Wildman–Crippen LogP) is 1.45. The van der Waals surface area contributed by atoms with Gasteiger partial charge < -0.3 is 10.1 Å². The molecule has 0 heterocycles. The van der Waals surface area contributed by atoms with E-state index in [1.807, 2.05) is 6.92 Å². The Hall–Kier alpha value is -1.15. The van der Waals surface area contributed by atoms with Crippen molar-refractivity contribution in [2.45, 2.75) is 31.7 Å². The zero-order valence-electron chi connectivity index (χ0n) is 12.1. The molecule has 0 aliphatic carbocycles. The van der Waals surface area contributed by atoms with E-state index in [9.17, 15) is 13.2 Å². The topological polar surface area (TPSA) is 98.5 Å². The number of hydrogen-bond acceptors (Lipinski definition) is 4. The standard InChI is InChI=1S/C13H19ClN2O4S/c1-4-20-7-9(3)16-13(17)10-5-8(2)12(14)11(6-10)21(15,18)19/h5-6,9H,4,7H2,1-3H3,(H,16,17)(H2,15,18,19). The number of sulfonamides is 1. The van der Waals surface area contributed by atoms with Gasteiger partial charge in [-0.15, -0.1) is 0 Å². The van der Waals surface area contributed by atoms with Gasteiger partial charge in [-0.25, -0.2) is 13.6 Å². The van der Waals surface area contributed by atoms with Crippen LogP contribution >= 0.6 is 11.6 Å². The fraction of sp³-hybridized carbons (Fsp3) is 0.462. The van der Waals surface area contributed by atoms with Crippen LogP contribution in [0.25, 0.3) is 0 Å². The van der Waals surface area contributed by atoms with Crippen LogP contribution in [0.2, 0.25) is 5.02 Å². The minimum absolute atomic E-state index is 0.0245. The van der Waals surface area contributed by atoms with Crippen LogP contribution in [0.5, 0.6) is 0 Å². The highest BCUT2D eigenvalue weighted by molar-refractivity contribution is 7.89. The molecule has 6 nitrogen and oxygen atoms in total. The van der Waals surface area contributed by atoms with Crippen molar-refractivity contribution in [2.75, 3.05) is 13.2 Å². The number of nitrogens with one attached hydrogen (secondary N) is 1. The Balaban J connectivity index is 3.04. The largest absolute Gasteiger partial charge is 0.380 e. The number of carbonyl (C=O) groups excluding carboxylic acids is 1. The molecule has 0 saturated heterocycles. The van der Waals surface area contributed by atoms with Crippen molar-refractivity contribution in [1.29, 1.82) is 0 Å². The molecule has 1 aromatic carbocycles. The molecule has 1 rings (SSSR count). The lowest BCUT2D eigenvalue weighted by Gasteiger charge is -2.15. The maximum atomic E-state index is 12.1. The second-order valence-electron chi connectivity index (χ2n) is 4.68. The molecule has 21 heavy (non-hydrogen) atoms. The molecule has 1 unspecified atom stereocenters. The number of aryl methyl sites for hydroxylation is 1. The molecule has 1 aromatic rings. The number of primary sulfonamides is 1. The Morgan fingerprint density at radius 3 is 2.62 bits per heavy atom. The van der Waals surface area contributed by atoms with Crippen molar-refractivity contribution in [1.82, 2.24) is 5.32 Å². The molecule has 0 bridgehead atoms. The summed E-state index contributed by atoms with van der Waals surface area (Å²) in [6.45, 7) is 6.18. The summed E-state index contributed by atoms with van der Waals surface area (Å²) in [6, 6.07) is 2.49. The molecule has 0 radical (unpaired) electrons. The van der Waals surface area contributed by atoms with Gasteiger partial charge in [0.2, 0.25) is 10.0 Å². The highest BCUT2D eigenvalue weighted by Gasteiger charge is 2.19. The number of carbonyl (C=O) groups is 1.